The Kier molecular flexibility index (Phi) is 6.28. The van der Waals surface area contributed by atoms with Crippen LogP contribution in [-0.4, -0.2) is 64.4 Å². The number of ether oxygens (including phenoxy) is 2. The van der Waals surface area contributed by atoms with Crippen LogP contribution in [0.5, 0.6) is 11.5 Å². The lowest BCUT2D eigenvalue weighted by atomic mass is 9.91. The zero-order valence-corrected chi connectivity index (χ0v) is 15.2. The number of carbonyl (C=O) groups excluding carboxylic acids is 1. The Bertz CT molecular complexity index is 808. The van der Waals surface area contributed by atoms with Crippen LogP contribution in [0.15, 0.2) is 48.5 Å². The third-order valence-corrected chi connectivity index (χ3v) is 4.66. The third-order valence-electron chi connectivity index (χ3n) is 4.66. The summed E-state index contributed by atoms with van der Waals surface area (Å²) in [4.78, 5) is 11.6. The lowest BCUT2D eigenvalue weighted by Gasteiger charge is -2.40. The van der Waals surface area contributed by atoms with E-state index in [9.17, 15) is 25.2 Å². The summed E-state index contributed by atoms with van der Waals surface area (Å²) >= 11 is 0. The maximum atomic E-state index is 11.6. The number of rotatable bonds is 5. The van der Waals surface area contributed by atoms with Crippen LogP contribution >= 0.6 is 0 Å². The minimum absolute atomic E-state index is 0.198. The Morgan fingerprint density at radius 2 is 1.75 bits per heavy atom. The molecule has 8 heteroatoms. The van der Waals surface area contributed by atoms with E-state index in [1.807, 2.05) is 0 Å². The first-order valence-corrected chi connectivity index (χ1v) is 8.85. The molecule has 1 aliphatic heterocycles. The monoisotopic (exact) mass is 389 g/mol. The summed E-state index contributed by atoms with van der Waals surface area (Å²) in [5.74, 6) is 0.775. The molecular formula is C20H23NO7. The lowest BCUT2D eigenvalue weighted by Crippen LogP contribution is -2.55. The number of hydrogen-bond acceptors (Lipinski definition) is 7. The van der Waals surface area contributed by atoms with Crippen molar-refractivity contribution < 1.29 is 34.7 Å². The standard InChI is InChI=1S/C20H23NO7/c1-21-20(26)11-5-7-13(8-6-11)27-14-4-2-3-12(9-14)19-18(25)17(24)16(23)15(10-22)28-19/h2-9,15-19,22-25H,10H2,1H3,(H,21,26). The quantitative estimate of drug-likeness (QED) is 0.499. The van der Waals surface area contributed by atoms with E-state index in [4.69, 9.17) is 9.47 Å². The smallest absolute Gasteiger partial charge is 0.251 e. The number of amides is 1. The van der Waals surface area contributed by atoms with Gasteiger partial charge in [0, 0.05) is 12.6 Å². The van der Waals surface area contributed by atoms with Crippen molar-refractivity contribution in [1.82, 2.24) is 5.32 Å². The van der Waals surface area contributed by atoms with Crippen molar-refractivity contribution in [3.05, 3.63) is 59.7 Å². The van der Waals surface area contributed by atoms with Gasteiger partial charge in [0.1, 0.15) is 42.0 Å². The van der Waals surface area contributed by atoms with Crippen molar-refractivity contribution in [2.24, 2.45) is 0 Å². The fourth-order valence-electron chi connectivity index (χ4n) is 3.09. The molecule has 0 saturated carbocycles. The molecule has 2 aromatic carbocycles. The molecule has 3 rings (SSSR count). The van der Waals surface area contributed by atoms with Gasteiger partial charge in [-0.05, 0) is 42.0 Å². The molecule has 5 atom stereocenters. The molecule has 0 aliphatic carbocycles. The van der Waals surface area contributed by atoms with Crippen LogP contribution in [0.1, 0.15) is 22.0 Å². The van der Waals surface area contributed by atoms with Gasteiger partial charge >= 0.3 is 0 Å². The summed E-state index contributed by atoms with van der Waals surface area (Å²) in [5.41, 5.74) is 1.03. The second-order valence-corrected chi connectivity index (χ2v) is 6.53. The van der Waals surface area contributed by atoms with Crippen molar-refractivity contribution in [2.45, 2.75) is 30.5 Å². The maximum absolute atomic E-state index is 11.6. The largest absolute Gasteiger partial charge is 0.457 e. The summed E-state index contributed by atoms with van der Waals surface area (Å²) in [5, 5.41) is 42.0. The van der Waals surface area contributed by atoms with E-state index in [2.05, 4.69) is 5.32 Å². The predicted octanol–water partition coefficient (Wildman–Crippen LogP) is 0.353. The summed E-state index contributed by atoms with van der Waals surface area (Å²) in [7, 11) is 1.55. The molecule has 1 heterocycles. The SMILES string of the molecule is CNC(=O)c1ccc(Oc2cccc(C3OC(CO)C(O)C(O)C3O)c2)cc1. The normalized spacial score (nSPS) is 27.2. The third kappa shape index (κ3) is 4.16. The van der Waals surface area contributed by atoms with Crippen LogP contribution in [0.25, 0.3) is 0 Å². The van der Waals surface area contributed by atoms with Crippen LogP contribution in [0.4, 0.5) is 0 Å². The molecule has 2 aromatic rings. The summed E-state index contributed by atoms with van der Waals surface area (Å²) in [6.07, 6.45) is -6.13. The zero-order chi connectivity index (χ0) is 20.3. The van der Waals surface area contributed by atoms with Gasteiger partial charge in [-0.15, -0.1) is 0 Å². The average Bonchev–Trinajstić information content (AvgIpc) is 2.72. The molecule has 1 amide bonds. The minimum atomic E-state index is -1.45. The van der Waals surface area contributed by atoms with Gasteiger partial charge in [-0.1, -0.05) is 12.1 Å². The van der Waals surface area contributed by atoms with Gasteiger partial charge in [0.2, 0.25) is 0 Å². The number of aliphatic hydroxyl groups is 4. The van der Waals surface area contributed by atoms with Gasteiger partial charge < -0.3 is 35.2 Å². The highest BCUT2D eigenvalue weighted by Crippen LogP contribution is 2.34. The van der Waals surface area contributed by atoms with E-state index in [1.165, 1.54) is 0 Å². The second-order valence-electron chi connectivity index (χ2n) is 6.53. The Balaban J connectivity index is 1.77. The average molecular weight is 389 g/mol. The predicted molar refractivity (Wildman–Crippen MR) is 99.1 cm³/mol. The Labute approximate surface area is 162 Å². The van der Waals surface area contributed by atoms with E-state index in [0.29, 0.717) is 22.6 Å². The molecule has 5 N–H and O–H groups in total. The first-order valence-electron chi connectivity index (χ1n) is 8.85. The molecule has 1 fully saturated rings. The molecule has 0 bridgehead atoms. The van der Waals surface area contributed by atoms with E-state index < -0.39 is 37.1 Å². The number of hydrogen-bond donors (Lipinski definition) is 5. The Hall–Kier alpha value is -2.49. The van der Waals surface area contributed by atoms with Crippen LogP contribution in [0.2, 0.25) is 0 Å². The van der Waals surface area contributed by atoms with Gasteiger partial charge in [-0.2, -0.15) is 0 Å². The van der Waals surface area contributed by atoms with Crippen LogP contribution in [-0.2, 0) is 4.74 Å². The molecule has 5 unspecified atom stereocenters. The van der Waals surface area contributed by atoms with Gasteiger partial charge in [0.15, 0.2) is 0 Å². The molecule has 1 saturated heterocycles. The number of benzene rings is 2. The lowest BCUT2D eigenvalue weighted by molar-refractivity contribution is -0.231. The Morgan fingerprint density at radius 1 is 1.04 bits per heavy atom. The van der Waals surface area contributed by atoms with Crippen LogP contribution in [0, 0.1) is 0 Å². The molecule has 0 radical (unpaired) electrons. The van der Waals surface area contributed by atoms with Crippen LogP contribution in [0.3, 0.4) is 0 Å². The van der Waals surface area contributed by atoms with Gasteiger partial charge in [0.05, 0.1) is 6.61 Å². The van der Waals surface area contributed by atoms with Gasteiger partial charge in [-0.3, -0.25) is 4.79 Å². The fourth-order valence-corrected chi connectivity index (χ4v) is 3.09. The molecule has 0 aromatic heterocycles. The van der Waals surface area contributed by atoms with Crippen molar-refractivity contribution >= 4 is 5.91 Å². The Morgan fingerprint density at radius 3 is 2.39 bits per heavy atom. The number of aliphatic hydroxyl groups excluding tert-OH is 4. The summed E-state index contributed by atoms with van der Waals surface area (Å²) in [6.45, 7) is -0.491. The van der Waals surface area contributed by atoms with E-state index in [0.717, 1.165) is 0 Å². The molecule has 150 valence electrons. The van der Waals surface area contributed by atoms with Gasteiger partial charge in [-0.25, -0.2) is 0 Å². The second kappa shape index (κ2) is 8.68. The number of carbonyl (C=O) groups is 1. The first-order chi connectivity index (χ1) is 13.4. The number of nitrogens with one attached hydrogen (secondary N) is 1. The van der Waals surface area contributed by atoms with Crippen molar-refractivity contribution in [3.63, 3.8) is 0 Å². The first kappa shape index (κ1) is 20.2. The fraction of sp³-hybridized carbons (Fsp3) is 0.350. The van der Waals surface area contributed by atoms with Gasteiger partial charge in [0.25, 0.3) is 5.91 Å². The molecular weight excluding hydrogens is 366 g/mol. The van der Waals surface area contributed by atoms with Crippen molar-refractivity contribution in [2.75, 3.05) is 13.7 Å². The highest BCUT2D eigenvalue weighted by molar-refractivity contribution is 5.94. The topological polar surface area (TPSA) is 128 Å². The minimum Gasteiger partial charge on any atom is -0.457 e. The van der Waals surface area contributed by atoms with Crippen molar-refractivity contribution in [3.8, 4) is 11.5 Å². The summed E-state index contributed by atoms with van der Waals surface area (Å²) < 4.78 is 11.4. The molecule has 28 heavy (non-hydrogen) atoms. The van der Waals surface area contributed by atoms with Crippen molar-refractivity contribution in [1.29, 1.82) is 0 Å². The highest BCUT2D eigenvalue weighted by Gasteiger charge is 2.43. The summed E-state index contributed by atoms with van der Waals surface area (Å²) in [6, 6.07) is 13.3. The van der Waals surface area contributed by atoms with E-state index in [-0.39, 0.29) is 5.91 Å². The van der Waals surface area contributed by atoms with E-state index >= 15 is 0 Å². The molecule has 1 aliphatic rings. The van der Waals surface area contributed by atoms with Crippen LogP contribution < -0.4 is 10.1 Å². The molecule has 8 nitrogen and oxygen atoms in total. The van der Waals surface area contributed by atoms with E-state index in [1.54, 1.807) is 55.6 Å². The maximum Gasteiger partial charge on any atom is 0.251 e. The highest BCUT2D eigenvalue weighted by atomic mass is 16.5. The molecule has 0 spiro atoms. The zero-order valence-electron chi connectivity index (χ0n) is 15.2.